The normalized spacial score (nSPS) is 26.1. The third kappa shape index (κ3) is 1.96. The molecule has 1 amide bonds. The SMILES string of the molecule is NC(=O)[C@H]1C[C@H](n2cnc3cnc(N)nc32)O[C@@H]1CO. The molecule has 5 N–H and O–H groups in total. The minimum absolute atomic E-state index is 0.127. The summed E-state index contributed by atoms with van der Waals surface area (Å²) >= 11 is 0. The van der Waals surface area contributed by atoms with E-state index in [2.05, 4.69) is 15.0 Å². The van der Waals surface area contributed by atoms with E-state index in [-0.39, 0.29) is 12.6 Å². The maximum atomic E-state index is 11.4. The molecule has 3 rings (SSSR count). The highest BCUT2D eigenvalue weighted by Gasteiger charge is 2.39. The van der Waals surface area contributed by atoms with E-state index < -0.39 is 24.2 Å². The van der Waals surface area contributed by atoms with Crippen LogP contribution < -0.4 is 11.5 Å². The van der Waals surface area contributed by atoms with Gasteiger partial charge in [-0.2, -0.15) is 4.98 Å². The highest BCUT2D eigenvalue weighted by molar-refractivity contribution is 5.77. The number of nitrogens with zero attached hydrogens (tertiary/aromatic N) is 4. The van der Waals surface area contributed by atoms with Crippen molar-refractivity contribution >= 4 is 23.0 Å². The monoisotopic (exact) mass is 278 g/mol. The summed E-state index contributed by atoms with van der Waals surface area (Å²) in [5, 5.41) is 9.25. The van der Waals surface area contributed by atoms with E-state index in [1.54, 1.807) is 10.9 Å². The van der Waals surface area contributed by atoms with Gasteiger partial charge in [0.25, 0.3) is 0 Å². The number of carbonyl (C=O) groups is 1. The predicted molar refractivity (Wildman–Crippen MR) is 68.0 cm³/mol. The first-order valence-electron chi connectivity index (χ1n) is 6.11. The van der Waals surface area contributed by atoms with Crippen LogP contribution in [0.25, 0.3) is 11.2 Å². The molecule has 1 saturated heterocycles. The second-order valence-corrected chi connectivity index (χ2v) is 4.65. The van der Waals surface area contributed by atoms with E-state index in [0.29, 0.717) is 17.6 Å². The summed E-state index contributed by atoms with van der Waals surface area (Å²) in [6.45, 7) is -0.270. The van der Waals surface area contributed by atoms with Crippen molar-refractivity contribution in [1.82, 2.24) is 19.5 Å². The Morgan fingerprint density at radius 3 is 3.00 bits per heavy atom. The molecule has 9 nitrogen and oxygen atoms in total. The van der Waals surface area contributed by atoms with Gasteiger partial charge in [-0.1, -0.05) is 0 Å². The second kappa shape index (κ2) is 4.69. The van der Waals surface area contributed by atoms with Gasteiger partial charge in [-0.3, -0.25) is 9.36 Å². The Labute approximate surface area is 113 Å². The molecule has 1 aliphatic heterocycles. The molecular formula is C11H14N6O3. The summed E-state index contributed by atoms with van der Waals surface area (Å²) in [6, 6.07) is 0. The zero-order valence-electron chi connectivity index (χ0n) is 10.5. The van der Waals surface area contributed by atoms with Crippen LogP contribution >= 0.6 is 0 Å². The Morgan fingerprint density at radius 1 is 1.55 bits per heavy atom. The van der Waals surface area contributed by atoms with Crippen LogP contribution in [-0.2, 0) is 9.53 Å². The molecule has 0 radical (unpaired) electrons. The van der Waals surface area contributed by atoms with Gasteiger partial charge in [-0.15, -0.1) is 0 Å². The number of aliphatic hydroxyl groups is 1. The molecule has 0 saturated carbocycles. The summed E-state index contributed by atoms with van der Waals surface area (Å²) in [7, 11) is 0. The van der Waals surface area contributed by atoms with Gasteiger partial charge in [0.1, 0.15) is 11.7 Å². The van der Waals surface area contributed by atoms with Crippen molar-refractivity contribution in [2.45, 2.75) is 18.8 Å². The van der Waals surface area contributed by atoms with Crippen LogP contribution in [0.5, 0.6) is 0 Å². The third-order valence-electron chi connectivity index (χ3n) is 3.43. The highest BCUT2D eigenvalue weighted by Crippen LogP contribution is 2.34. The Morgan fingerprint density at radius 2 is 2.35 bits per heavy atom. The highest BCUT2D eigenvalue weighted by atomic mass is 16.5. The Balaban J connectivity index is 1.96. The van der Waals surface area contributed by atoms with Crippen molar-refractivity contribution in [1.29, 1.82) is 0 Å². The summed E-state index contributed by atoms with van der Waals surface area (Å²) < 4.78 is 7.31. The first kappa shape index (κ1) is 12.8. The summed E-state index contributed by atoms with van der Waals surface area (Å²) in [5.74, 6) is -0.908. The lowest BCUT2D eigenvalue weighted by atomic mass is 10.0. The number of aromatic nitrogens is 4. The molecule has 1 aliphatic rings. The largest absolute Gasteiger partial charge is 0.394 e. The number of carbonyl (C=O) groups excluding carboxylic acids is 1. The summed E-state index contributed by atoms with van der Waals surface area (Å²) in [4.78, 5) is 23.5. The van der Waals surface area contributed by atoms with Gasteiger partial charge >= 0.3 is 0 Å². The summed E-state index contributed by atoms with van der Waals surface area (Å²) in [6.07, 6.45) is 2.33. The van der Waals surface area contributed by atoms with E-state index in [9.17, 15) is 9.90 Å². The lowest BCUT2D eigenvalue weighted by molar-refractivity contribution is -0.124. The van der Waals surface area contributed by atoms with Crippen molar-refractivity contribution < 1.29 is 14.6 Å². The maximum Gasteiger partial charge on any atom is 0.223 e. The molecule has 0 bridgehead atoms. The van der Waals surface area contributed by atoms with Gasteiger partial charge in [0.2, 0.25) is 11.9 Å². The zero-order chi connectivity index (χ0) is 14.3. The number of nitrogen functional groups attached to an aromatic ring is 1. The van der Waals surface area contributed by atoms with Crippen LogP contribution in [-0.4, -0.2) is 43.2 Å². The van der Waals surface area contributed by atoms with Gasteiger partial charge in [-0.25, -0.2) is 9.97 Å². The molecule has 106 valence electrons. The van der Waals surface area contributed by atoms with Gasteiger partial charge in [0.05, 0.1) is 31.2 Å². The predicted octanol–water partition coefficient (Wildman–Crippen LogP) is -1.21. The van der Waals surface area contributed by atoms with Crippen molar-refractivity contribution in [2.24, 2.45) is 11.7 Å². The molecule has 0 aliphatic carbocycles. The molecule has 20 heavy (non-hydrogen) atoms. The van der Waals surface area contributed by atoms with Gasteiger partial charge in [-0.05, 0) is 0 Å². The van der Waals surface area contributed by atoms with Crippen LogP contribution in [0, 0.1) is 5.92 Å². The fourth-order valence-corrected chi connectivity index (χ4v) is 2.42. The van der Waals surface area contributed by atoms with Crippen LogP contribution in [0.3, 0.4) is 0 Å². The lowest BCUT2D eigenvalue weighted by Gasteiger charge is -2.14. The molecule has 9 heteroatoms. The minimum Gasteiger partial charge on any atom is -0.394 e. The average molecular weight is 278 g/mol. The van der Waals surface area contributed by atoms with Crippen molar-refractivity contribution in [3.63, 3.8) is 0 Å². The van der Waals surface area contributed by atoms with Crippen molar-refractivity contribution in [3.05, 3.63) is 12.5 Å². The molecule has 0 aromatic carbocycles. The quantitative estimate of drug-likeness (QED) is 0.639. The topological polar surface area (TPSA) is 142 Å². The molecule has 2 aromatic heterocycles. The molecular weight excluding hydrogens is 264 g/mol. The number of imidazole rings is 1. The molecule has 1 fully saturated rings. The van der Waals surface area contributed by atoms with E-state index >= 15 is 0 Å². The number of aliphatic hydroxyl groups excluding tert-OH is 1. The Hall–Kier alpha value is -2.26. The molecule has 0 unspecified atom stereocenters. The third-order valence-corrected chi connectivity index (χ3v) is 3.43. The number of hydrogen-bond donors (Lipinski definition) is 3. The molecule has 3 atom stereocenters. The Kier molecular flexibility index (Phi) is 2.99. The standard InChI is InChI=1S/C11H14N6O3/c12-9(19)5-1-8(20-7(5)3-18)17-4-15-6-2-14-11(13)16-10(6)17/h2,4-5,7-8,18H,1,3H2,(H2,12,19)(H2,13,14,16)/t5-,7+,8+/m0/s1. The molecule has 2 aromatic rings. The van der Waals surface area contributed by atoms with E-state index in [0.717, 1.165) is 0 Å². The van der Waals surface area contributed by atoms with Gasteiger partial charge in [0, 0.05) is 6.42 Å². The minimum atomic E-state index is -0.617. The van der Waals surface area contributed by atoms with Crippen LogP contribution in [0.4, 0.5) is 5.95 Å². The van der Waals surface area contributed by atoms with Crippen LogP contribution in [0.15, 0.2) is 12.5 Å². The van der Waals surface area contributed by atoms with Crippen LogP contribution in [0.1, 0.15) is 12.6 Å². The lowest BCUT2D eigenvalue weighted by Crippen LogP contribution is -2.32. The number of anilines is 1. The first-order valence-corrected chi connectivity index (χ1v) is 6.11. The van der Waals surface area contributed by atoms with Gasteiger partial charge < -0.3 is 21.3 Å². The number of rotatable bonds is 3. The molecule has 0 spiro atoms. The first-order chi connectivity index (χ1) is 9.60. The average Bonchev–Trinajstić information content (AvgIpc) is 3.00. The van der Waals surface area contributed by atoms with E-state index in [4.69, 9.17) is 16.2 Å². The maximum absolute atomic E-state index is 11.4. The number of nitrogens with two attached hydrogens (primary N) is 2. The zero-order valence-corrected chi connectivity index (χ0v) is 10.5. The molecule has 3 heterocycles. The number of hydrogen-bond acceptors (Lipinski definition) is 7. The number of primary amides is 1. The fourth-order valence-electron chi connectivity index (χ4n) is 2.42. The summed E-state index contributed by atoms with van der Waals surface area (Å²) in [5.41, 5.74) is 12.0. The van der Waals surface area contributed by atoms with Crippen molar-refractivity contribution in [3.8, 4) is 0 Å². The second-order valence-electron chi connectivity index (χ2n) is 4.65. The smallest absolute Gasteiger partial charge is 0.223 e. The Bertz CT molecular complexity index is 657. The van der Waals surface area contributed by atoms with Gasteiger partial charge in [0.15, 0.2) is 5.65 Å². The number of fused-ring (bicyclic) bond motifs is 1. The van der Waals surface area contributed by atoms with E-state index in [1.165, 1.54) is 6.20 Å². The van der Waals surface area contributed by atoms with Crippen molar-refractivity contribution in [2.75, 3.05) is 12.3 Å². The van der Waals surface area contributed by atoms with Crippen LogP contribution in [0.2, 0.25) is 0 Å². The fraction of sp³-hybridized carbons (Fsp3) is 0.455. The van der Waals surface area contributed by atoms with E-state index in [1.807, 2.05) is 0 Å². The number of ether oxygens (including phenoxy) is 1. The number of amides is 1.